The van der Waals surface area contributed by atoms with Crippen LogP contribution >= 0.6 is 0 Å². The Balaban J connectivity index is 1.82. The Kier molecular flexibility index (Phi) is 7.01. The first-order chi connectivity index (χ1) is 10.3. The van der Waals surface area contributed by atoms with Crippen LogP contribution in [-0.2, 0) is 0 Å². The number of hydrogen-bond donors (Lipinski definition) is 1. The molecule has 1 saturated carbocycles. The number of rotatable bonds is 8. The van der Waals surface area contributed by atoms with Crippen molar-refractivity contribution in [2.75, 3.05) is 13.2 Å². The van der Waals surface area contributed by atoms with Crippen LogP contribution in [0.15, 0.2) is 18.3 Å². The van der Waals surface area contributed by atoms with Gasteiger partial charge in [-0.2, -0.15) is 0 Å². The summed E-state index contributed by atoms with van der Waals surface area (Å²) in [6.07, 6.45) is 10.9. The molecule has 1 atom stereocenters. The molecule has 0 amide bonds. The highest BCUT2D eigenvalue weighted by molar-refractivity contribution is 5.21. The van der Waals surface area contributed by atoms with E-state index in [2.05, 4.69) is 36.3 Å². The normalized spacial score (nSPS) is 17.6. The van der Waals surface area contributed by atoms with Crippen molar-refractivity contribution >= 4 is 0 Å². The van der Waals surface area contributed by atoms with Crippen LogP contribution in [0.1, 0.15) is 70.5 Å². The summed E-state index contributed by atoms with van der Waals surface area (Å²) in [4.78, 5) is 4.58. The van der Waals surface area contributed by atoms with Crippen LogP contribution in [-0.4, -0.2) is 18.1 Å². The number of pyridine rings is 1. The van der Waals surface area contributed by atoms with Gasteiger partial charge >= 0.3 is 0 Å². The Morgan fingerprint density at radius 2 is 2.05 bits per heavy atom. The van der Waals surface area contributed by atoms with Gasteiger partial charge in [-0.05, 0) is 50.3 Å². The van der Waals surface area contributed by atoms with Crippen LogP contribution in [0.5, 0.6) is 5.75 Å². The third kappa shape index (κ3) is 5.31. The average molecular weight is 290 g/mol. The van der Waals surface area contributed by atoms with Gasteiger partial charge in [0.1, 0.15) is 5.75 Å². The van der Waals surface area contributed by atoms with Crippen molar-refractivity contribution in [3.05, 3.63) is 24.0 Å². The lowest BCUT2D eigenvalue weighted by atomic mass is 9.90. The van der Waals surface area contributed by atoms with Gasteiger partial charge in [-0.1, -0.05) is 33.1 Å². The second-order valence-electron chi connectivity index (χ2n) is 6.15. The van der Waals surface area contributed by atoms with Crippen molar-refractivity contribution in [3.8, 4) is 5.75 Å². The fourth-order valence-electron chi connectivity index (χ4n) is 3.03. The van der Waals surface area contributed by atoms with E-state index >= 15 is 0 Å². The third-order valence-corrected chi connectivity index (χ3v) is 4.38. The average Bonchev–Trinajstić information content (AvgIpc) is 2.56. The molecule has 0 bridgehead atoms. The summed E-state index contributed by atoms with van der Waals surface area (Å²) in [6.45, 7) is 6.28. The van der Waals surface area contributed by atoms with E-state index in [1.807, 2.05) is 6.20 Å². The van der Waals surface area contributed by atoms with Gasteiger partial charge in [0.2, 0.25) is 0 Å². The van der Waals surface area contributed by atoms with Crippen LogP contribution in [0, 0.1) is 5.92 Å². The summed E-state index contributed by atoms with van der Waals surface area (Å²) in [5, 5.41) is 3.54. The van der Waals surface area contributed by atoms with E-state index in [9.17, 15) is 0 Å². The van der Waals surface area contributed by atoms with Crippen LogP contribution < -0.4 is 10.1 Å². The molecule has 1 N–H and O–H groups in total. The number of nitrogens with one attached hydrogen (secondary N) is 1. The van der Waals surface area contributed by atoms with Gasteiger partial charge in [0.25, 0.3) is 0 Å². The molecule has 1 aliphatic carbocycles. The molecule has 0 aromatic carbocycles. The molecule has 1 aliphatic rings. The molecule has 0 aliphatic heterocycles. The Labute approximate surface area is 129 Å². The van der Waals surface area contributed by atoms with E-state index in [4.69, 9.17) is 4.74 Å². The van der Waals surface area contributed by atoms with Crippen molar-refractivity contribution in [3.63, 3.8) is 0 Å². The second kappa shape index (κ2) is 9.04. The molecule has 1 unspecified atom stereocenters. The molecule has 0 radical (unpaired) electrons. The zero-order valence-electron chi connectivity index (χ0n) is 13.6. The van der Waals surface area contributed by atoms with Crippen molar-refractivity contribution < 1.29 is 4.74 Å². The minimum absolute atomic E-state index is 0.359. The van der Waals surface area contributed by atoms with Crippen LogP contribution in [0.2, 0.25) is 0 Å². The predicted molar refractivity (Wildman–Crippen MR) is 87.6 cm³/mol. The Morgan fingerprint density at radius 1 is 1.24 bits per heavy atom. The number of ether oxygens (including phenoxy) is 1. The molecule has 1 fully saturated rings. The topological polar surface area (TPSA) is 34.1 Å². The highest BCUT2D eigenvalue weighted by Gasteiger charge is 2.14. The van der Waals surface area contributed by atoms with E-state index in [0.717, 1.165) is 43.4 Å². The quantitative estimate of drug-likeness (QED) is 0.766. The maximum atomic E-state index is 5.91. The Morgan fingerprint density at radius 3 is 2.67 bits per heavy atom. The molecule has 0 saturated heterocycles. The van der Waals surface area contributed by atoms with Gasteiger partial charge in [-0.25, -0.2) is 0 Å². The molecular weight excluding hydrogens is 260 g/mol. The van der Waals surface area contributed by atoms with Gasteiger partial charge in [0.05, 0.1) is 18.5 Å². The fourth-order valence-corrected chi connectivity index (χ4v) is 3.03. The first-order valence-corrected chi connectivity index (χ1v) is 8.65. The lowest BCUT2D eigenvalue weighted by molar-refractivity contribution is 0.208. The molecule has 1 aromatic rings. The monoisotopic (exact) mass is 290 g/mol. The van der Waals surface area contributed by atoms with E-state index in [1.165, 1.54) is 32.1 Å². The lowest BCUT2D eigenvalue weighted by Gasteiger charge is -2.21. The zero-order chi connectivity index (χ0) is 14.9. The van der Waals surface area contributed by atoms with E-state index < -0.39 is 0 Å². The molecule has 0 spiro atoms. The minimum Gasteiger partial charge on any atom is -0.492 e. The van der Waals surface area contributed by atoms with Gasteiger partial charge in [-0.15, -0.1) is 0 Å². The summed E-state index contributed by atoms with van der Waals surface area (Å²) in [5.74, 6) is 1.66. The SMILES string of the molecule is CCCNC(CC)c1ccc(OCC2CCCCC2)cn1. The number of nitrogens with zero attached hydrogens (tertiary/aromatic N) is 1. The first kappa shape index (κ1) is 16.3. The van der Waals surface area contributed by atoms with Gasteiger partial charge < -0.3 is 10.1 Å². The third-order valence-electron chi connectivity index (χ3n) is 4.38. The maximum absolute atomic E-state index is 5.91. The second-order valence-corrected chi connectivity index (χ2v) is 6.15. The van der Waals surface area contributed by atoms with Crippen molar-refractivity contribution in [2.45, 2.75) is 64.8 Å². The fraction of sp³-hybridized carbons (Fsp3) is 0.722. The largest absolute Gasteiger partial charge is 0.492 e. The standard InChI is InChI=1S/C18H30N2O/c1-3-12-19-17(4-2)18-11-10-16(13-20-18)21-14-15-8-6-5-7-9-15/h10-11,13,15,17,19H,3-9,12,14H2,1-2H3. The molecule has 1 heterocycles. The van der Waals surface area contributed by atoms with Crippen LogP contribution in [0.4, 0.5) is 0 Å². The number of hydrogen-bond acceptors (Lipinski definition) is 3. The summed E-state index contributed by atoms with van der Waals surface area (Å²) in [5.41, 5.74) is 1.12. The highest BCUT2D eigenvalue weighted by Crippen LogP contribution is 2.25. The van der Waals surface area contributed by atoms with Gasteiger partial charge in [0, 0.05) is 6.04 Å². The summed E-state index contributed by atoms with van der Waals surface area (Å²) < 4.78 is 5.91. The molecule has 3 heteroatoms. The first-order valence-electron chi connectivity index (χ1n) is 8.65. The molecular formula is C18H30N2O. The molecule has 118 valence electrons. The van der Waals surface area contributed by atoms with Crippen molar-refractivity contribution in [2.24, 2.45) is 5.92 Å². The van der Waals surface area contributed by atoms with Crippen LogP contribution in [0.25, 0.3) is 0 Å². The number of aromatic nitrogens is 1. The van der Waals surface area contributed by atoms with Gasteiger partial charge in [0.15, 0.2) is 0 Å². The molecule has 2 rings (SSSR count). The Bertz CT molecular complexity index is 385. The molecule has 1 aromatic heterocycles. The summed E-state index contributed by atoms with van der Waals surface area (Å²) in [7, 11) is 0. The van der Waals surface area contributed by atoms with Crippen molar-refractivity contribution in [1.82, 2.24) is 10.3 Å². The van der Waals surface area contributed by atoms with E-state index in [-0.39, 0.29) is 0 Å². The minimum atomic E-state index is 0.359. The lowest BCUT2D eigenvalue weighted by Crippen LogP contribution is -2.22. The van der Waals surface area contributed by atoms with Crippen molar-refractivity contribution in [1.29, 1.82) is 0 Å². The summed E-state index contributed by atoms with van der Waals surface area (Å²) >= 11 is 0. The smallest absolute Gasteiger partial charge is 0.137 e. The van der Waals surface area contributed by atoms with E-state index in [0.29, 0.717) is 6.04 Å². The predicted octanol–water partition coefficient (Wildman–Crippen LogP) is 4.49. The summed E-state index contributed by atoms with van der Waals surface area (Å²) in [6, 6.07) is 4.53. The Hall–Kier alpha value is -1.09. The zero-order valence-corrected chi connectivity index (χ0v) is 13.6. The molecule has 21 heavy (non-hydrogen) atoms. The maximum Gasteiger partial charge on any atom is 0.137 e. The van der Waals surface area contributed by atoms with Crippen LogP contribution in [0.3, 0.4) is 0 Å². The van der Waals surface area contributed by atoms with E-state index in [1.54, 1.807) is 0 Å². The highest BCUT2D eigenvalue weighted by atomic mass is 16.5. The molecule has 3 nitrogen and oxygen atoms in total. The van der Waals surface area contributed by atoms with Gasteiger partial charge in [-0.3, -0.25) is 4.98 Å².